The number of rotatable bonds is 12. The van der Waals surface area contributed by atoms with Crippen LogP contribution in [0.15, 0.2) is 55.3 Å². The van der Waals surface area contributed by atoms with Crippen LogP contribution in [0.1, 0.15) is 36.0 Å². The van der Waals surface area contributed by atoms with Crippen LogP contribution >= 0.6 is 0 Å². The quantitative estimate of drug-likeness (QED) is 0.223. The molecule has 3 aromatic rings. The van der Waals surface area contributed by atoms with E-state index in [1.807, 2.05) is 12.1 Å². The molecular weight excluding hydrogens is 566 g/mol. The first-order valence-corrected chi connectivity index (χ1v) is 14.2. The lowest BCUT2D eigenvalue weighted by molar-refractivity contribution is -0.119. The molecule has 2 aliphatic rings. The number of aromatic nitrogens is 2. The smallest absolute Gasteiger partial charge is 0.255 e. The van der Waals surface area contributed by atoms with E-state index in [1.54, 1.807) is 24.3 Å². The van der Waals surface area contributed by atoms with Crippen LogP contribution in [0.4, 0.5) is 23.0 Å². The Bertz CT molecular complexity index is 1590. The van der Waals surface area contributed by atoms with Crippen LogP contribution in [0.3, 0.4) is 0 Å². The van der Waals surface area contributed by atoms with Gasteiger partial charge in [-0.3, -0.25) is 14.4 Å². The Balaban J connectivity index is 1.41. The number of nitrogens with two attached hydrogens (primary N) is 2. The monoisotopic (exact) mass is 601 g/mol. The molecule has 1 aliphatic heterocycles. The summed E-state index contributed by atoms with van der Waals surface area (Å²) in [5, 5.41) is 5.73. The number of benzene rings is 2. The van der Waals surface area contributed by atoms with Crippen molar-refractivity contribution < 1.29 is 28.6 Å². The maximum absolute atomic E-state index is 12.3. The van der Waals surface area contributed by atoms with Crippen LogP contribution in [0.25, 0.3) is 0 Å². The van der Waals surface area contributed by atoms with Crippen molar-refractivity contribution in [3.05, 3.63) is 60.8 Å². The van der Waals surface area contributed by atoms with E-state index in [0.717, 1.165) is 24.7 Å². The van der Waals surface area contributed by atoms with E-state index < -0.39 is 11.8 Å². The van der Waals surface area contributed by atoms with Crippen LogP contribution in [0, 0.1) is 11.8 Å². The van der Waals surface area contributed by atoms with Crippen molar-refractivity contribution in [3.8, 4) is 23.1 Å². The van der Waals surface area contributed by atoms with E-state index in [9.17, 15) is 14.4 Å². The number of nitrogens with one attached hydrogen (secondary N) is 2. The number of ether oxygens (including phenoxy) is 3. The fourth-order valence-electron chi connectivity index (χ4n) is 5.54. The molecule has 1 aliphatic carbocycles. The number of nitrogens with zero attached hydrogens (tertiary/aromatic N) is 3. The standard InChI is InChI=1S/C31H35N7O6/c1-4-27(39)35-23-14-20(42-2)9-11-25(23)44-30-21(28(32)40)15-34-31(37-30)36-22-10-8-19(13-26(22)43-3)38-16-18(17-6-5-7-17)12-24(38)29(33)41/h4,8-11,13-15,17-18,24H,1,5-7,12,16H2,2-3H3,(H2,32,40)(H2,33,41)(H,35,39)(H,34,36,37). The van der Waals surface area contributed by atoms with Gasteiger partial charge in [-0.05, 0) is 48.6 Å². The molecule has 1 saturated carbocycles. The summed E-state index contributed by atoms with van der Waals surface area (Å²) in [7, 11) is 3.02. The van der Waals surface area contributed by atoms with Gasteiger partial charge < -0.3 is 41.2 Å². The topological polar surface area (TPSA) is 184 Å². The molecule has 2 fully saturated rings. The maximum atomic E-state index is 12.3. The Hall–Kier alpha value is -5.33. The van der Waals surface area contributed by atoms with E-state index in [1.165, 1.54) is 39.7 Å². The fraction of sp³-hybridized carbons (Fsp3) is 0.323. The predicted molar refractivity (Wildman–Crippen MR) is 164 cm³/mol. The Morgan fingerprint density at radius 1 is 1.02 bits per heavy atom. The molecular formula is C31H35N7O6. The Labute approximate surface area is 254 Å². The summed E-state index contributed by atoms with van der Waals surface area (Å²) in [6.45, 7) is 4.22. The highest BCUT2D eigenvalue weighted by atomic mass is 16.5. The average molecular weight is 602 g/mol. The third-order valence-electron chi connectivity index (χ3n) is 8.10. The van der Waals surface area contributed by atoms with Gasteiger partial charge in [0.25, 0.3) is 5.91 Å². The van der Waals surface area contributed by atoms with Gasteiger partial charge in [0.15, 0.2) is 5.75 Å². The zero-order valence-electron chi connectivity index (χ0n) is 24.5. The van der Waals surface area contributed by atoms with Gasteiger partial charge in [0.05, 0.1) is 25.6 Å². The van der Waals surface area contributed by atoms with Gasteiger partial charge in [0.1, 0.15) is 23.1 Å². The summed E-state index contributed by atoms with van der Waals surface area (Å²) >= 11 is 0. The fourth-order valence-corrected chi connectivity index (χ4v) is 5.54. The number of amides is 3. The summed E-state index contributed by atoms with van der Waals surface area (Å²) in [5.74, 6) is 0.482. The van der Waals surface area contributed by atoms with Crippen molar-refractivity contribution in [1.29, 1.82) is 0 Å². The van der Waals surface area contributed by atoms with Gasteiger partial charge in [0.2, 0.25) is 23.6 Å². The van der Waals surface area contributed by atoms with Crippen molar-refractivity contribution in [3.63, 3.8) is 0 Å². The van der Waals surface area contributed by atoms with E-state index in [2.05, 4.69) is 32.1 Å². The first-order valence-electron chi connectivity index (χ1n) is 14.2. The highest BCUT2D eigenvalue weighted by molar-refractivity contribution is 6.00. The van der Waals surface area contributed by atoms with Gasteiger partial charge >= 0.3 is 0 Å². The Kier molecular flexibility index (Phi) is 8.83. The van der Waals surface area contributed by atoms with E-state index in [4.69, 9.17) is 25.7 Å². The van der Waals surface area contributed by atoms with E-state index >= 15 is 0 Å². The molecule has 2 unspecified atom stereocenters. The largest absolute Gasteiger partial charge is 0.497 e. The molecule has 2 atom stereocenters. The first kappa shape index (κ1) is 30.1. The highest BCUT2D eigenvalue weighted by Gasteiger charge is 2.41. The predicted octanol–water partition coefficient (Wildman–Crippen LogP) is 3.73. The molecule has 6 N–H and O–H groups in total. The summed E-state index contributed by atoms with van der Waals surface area (Å²) < 4.78 is 16.9. The summed E-state index contributed by atoms with van der Waals surface area (Å²) in [6.07, 6.45) is 6.71. The minimum Gasteiger partial charge on any atom is -0.497 e. The van der Waals surface area contributed by atoms with Gasteiger partial charge in [-0.15, -0.1) is 0 Å². The Morgan fingerprint density at radius 3 is 2.45 bits per heavy atom. The van der Waals surface area contributed by atoms with Gasteiger partial charge in [0, 0.05) is 30.6 Å². The number of anilines is 4. The molecule has 0 radical (unpaired) electrons. The van der Waals surface area contributed by atoms with Gasteiger partial charge in [-0.25, -0.2) is 4.98 Å². The molecule has 44 heavy (non-hydrogen) atoms. The SMILES string of the molecule is C=CC(=O)Nc1cc(OC)ccc1Oc1nc(Nc2ccc(N3CC(C4CCC4)CC3C(N)=O)cc2OC)ncc1C(N)=O. The van der Waals surface area contributed by atoms with Gasteiger partial charge in [-0.1, -0.05) is 25.8 Å². The van der Waals surface area contributed by atoms with Gasteiger partial charge in [-0.2, -0.15) is 4.98 Å². The minimum atomic E-state index is -0.812. The van der Waals surface area contributed by atoms with Crippen molar-refractivity contribution in [2.45, 2.75) is 31.7 Å². The molecule has 13 heteroatoms. The molecule has 0 spiro atoms. The number of hydrogen-bond donors (Lipinski definition) is 4. The van der Waals surface area contributed by atoms with E-state index in [-0.39, 0.29) is 40.8 Å². The first-order chi connectivity index (χ1) is 21.2. The number of carbonyl (C=O) groups is 3. The molecule has 1 aromatic heterocycles. The van der Waals surface area contributed by atoms with Crippen molar-refractivity contribution in [2.24, 2.45) is 23.3 Å². The molecule has 5 rings (SSSR count). The normalized spacial score (nSPS) is 17.7. The maximum Gasteiger partial charge on any atom is 0.255 e. The summed E-state index contributed by atoms with van der Waals surface area (Å²) in [4.78, 5) is 47.2. The van der Waals surface area contributed by atoms with Crippen molar-refractivity contribution in [1.82, 2.24) is 9.97 Å². The Morgan fingerprint density at radius 2 is 1.82 bits per heavy atom. The van der Waals surface area contributed by atoms with E-state index in [0.29, 0.717) is 29.0 Å². The third kappa shape index (κ3) is 6.36. The average Bonchev–Trinajstić information content (AvgIpc) is 3.42. The lowest BCUT2D eigenvalue weighted by Crippen LogP contribution is -2.40. The second kappa shape index (κ2) is 12.9. The lowest BCUT2D eigenvalue weighted by atomic mass is 9.75. The molecule has 2 aromatic carbocycles. The van der Waals surface area contributed by atoms with Crippen molar-refractivity contribution in [2.75, 3.05) is 36.3 Å². The lowest BCUT2D eigenvalue weighted by Gasteiger charge is -2.31. The second-order valence-corrected chi connectivity index (χ2v) is 10.7. The molecule has 230 valence electrons. The minimum absolute atomic E-state index is 0.0813. The number of hydrogen-bond acceptors (Lipinski definition) is 10. The number of primary amides is 2. The third-order valence-corrected chi connectivity index (χ3v) is 8.10. The van der Waals surface area contributed by atoms with Crippen LogP contribution in [0.5, 0.6) is 23.1 Å². The molecule has 1 saturated heterocycles. The summed E-state index contributed by atoms with van der Waals surface area (Å²) in [5.41, 5.74) is 12.9. The number of methoxy groups -OCH3 is 2. The van der Waals surface area contributed by atoms with Crippen LogP contribution in [-0.2, 0) is 9.59 Å². The molecule has 13 nitrogen and oxygen atoms in total. The molecule has 2 heterocycles. The molecule has 0 bridgehead atoms. The zero-order chi connectivity index (χ0) is 31.4. The second-order valence-electron chi connectivity index (χ2n) is 10.7. The van der Waals surface area contributed by atoms with Crippen LogP contribution in [-0.4, -0.2) is 54.5 Å². The number of carbonyl (C=O) groups excluding carboxylic acids is 3. The van der Waals surface area contributed by atoms with Crippen LogP contribution in [0.2, 0.25) is 0 Å². The molecule has 3 amide bonds. The highest BCUT2D eigenvalue weighted by Crippen LogP contribution is 2.43. The summed E-state index contributed by atoms with van der Waals surface area (Å²) in [6, 6.07) is 9.84. The zero-order valence-corrected chi connectivity index (χ0v) is 24.5. The van der Waals surface area contributed by atoms with Crippen LogP contribution < -0.4 is 41.2 Å². The van der Waals surface area contributed by atoms with Crippen molar-refractivity contribution >= 4 is 40.7 Å².